The number of rotatable bonds is 3. The summed E-state index contributed by atoms with van der Waals surface area (Å²) in [6.07, 6.45) is 1.41. The van der Waals surface area contributed by atoms with Crippen LogP contribution in [0, 0.1) is 0 Å². The van der Waals surface area contributed by atoms with E-state index in [1.165, 1.54) is 6.33 Å². The molecule has 0 fully saturated rings. The van der Waals surface area contributed by atoms with E-state index in [-0.39, 0.29) is 5.75 Å². The van der Waals surface area contributed by atoms with Crippen LogP contribution in [0.25, 0.3) is 22.3 Å². The molecule has 4 N–H and O–H groups in total. The zero-order chi connectivity index (χ0) is 16.5. The quantitative estimate of drug-likeness (QED) is 0.500. The number of anilines is 1. The molecule has 6 nitrogen and oxygen atoms in total. The number of benzene rings is 2. The van der Waals surface area contributed by atoms with Crippen LogP contribution in [0.3, 0.4) is 0 Å². The van der Waals surface area contributed by atoms with Gasteiger partial charge < -0.3 is 20.6 Å². The van der Waals surface area contributed by atoms with E-state index < -0.39 is 0 Å². The molecule has 2 heterocycles. The third kappa shape index (κ3) is 2.50. The van der Waals surface area contributed by atoms with Crippen LogP contribution >= 0.6 is 0 Å². The number of aromatic amines is 1. The summed E-state index contributed by atoms with van der Waals surface area (Å²) in [4.78, 5) is 11.6. The molecule has 24 heavy (non-hydrogen) atoms. The van der Waals surface area contributed by atoms with Crippen molar-refractivity contribution in [3.8, 4) is 28.6 Å². The van der Waals surface area contributed by atoms with E-state index in [0.29, 0.717) is 23.0 Å². The predicted octanol–water partition coefficient (Wildman–Crippen LogP) is 3.71. The first-order chi connectivity index (χ1) is 11.7. The Balaban J connectivity index is 1.79. The number of nitrogens with two attached hydrogens (primary N) is 1. The molecule has 4 aromatic rings. The highest BCUT2D eigenvalue weighted by atomic mass is 16.5. The number of hydrogen-bond donors (Lipinski definition) is 3. The minimum absolute atomic E-state index is 0.0517. The van der Waals surface area contributed by atoms with Crippen LogP contribution in [0.4, 0.5) is 5.69 Å². The first kappa shape index (κ1) is 14.1. The standard InChI is InChI=1S/C18H14N4O2/c19-12-5-3-4-11(8-12)14-9-13-17(22-14)20-10-21-18(13)24-16-7-2-1-6-15(16)23/h1-10,23H,19H2,(H,20,21,22). The second kappa shape index (κ2) is 5.58. The Morgan fingerprint density at radius 2 is 1.88 bits per heavy atom. The second-order valence-corrected chi connectivity index (χ2v) is 5.32. The van der Waals surface area contributed by atoms with E-state index in [1.54, 1.807) is 24.3 Å². The second-order valence-electron chi connectivity index (χ2n) is 5.32. The van der Waals surface area contributed by atoms with Crippen molar-refractivity contribution in [2.24, 2.45) is 0 Å². The normalized spacial score (nSPS) is 10.8. The molecule has 0 spiro atoms. The molecular formula is C18H14N4O2. The summed E-state index contributed by atoms with van der Waals surface area (Å²) in [5.74, 6) is 0.757. The van der Waals surface area contributed by atoms with E-state index in [0.717, 1.165) is 16.6 Å². The van der Waals surface area contributed by atoms with Crippen molar-refractivity contribution in [2.75, 3.05) is 5.73 Å². The minimum Gasteiger partial charge on any atom is -0.504 e. The van der Waals surface area contributed by atoms with Gasteiger partial charge >= 0.3 is 0 Å². The van der Waals surface area contributed by atoms with Crippen molar-refractivity contribution in [3.63, 3.8) is 0 Å². The molecule has 4 rings (SSSR count). The number of ether oxygens (including phenoxy) is 1. The van der Waals surface area contributed by atoms with Gasteiger partial charge in [-0.3, -0.25) is 0 Å². The maximum Gasteiger partial charge on any atom is 0.232 e. The fraction of sp³-hybridized carbons (Fsp3) is 0. The van der Waals surface area contributed by atoms with Crippen LogP contribution < -0.4 is 10.5 Å². The maximum absolute atomic E-state index is 9.87. The average Bonchev–Trinajstić information content (AvgIpc) is 3.02. The Bertz CT molecular complexity index is 1030. The molecule has 2 aromatic heterocycles. The summed E-state index contributed by atoms with van der Waals surface area (Å²) in [7, 11) is 0. The van der Waals surface area contributed by atoms with Crippen molar-refractivity contribution >= 4 is 16.7 Å². The van der Waals surface area contributed by atoms with Crippen LogP contribution in [0.5, 0.6) is 17.4 Å². The van der Waals surface area contributed by atoms with Crippen LogP contribution in [0.2, 0.25) is 0 Å². The highest BCUT2D eigenvalue weighted by Gasteiger charge is 2.12. The van der Waals surface area contributed by atoms with Crippen LogP contribution in [0.15, 0.2) is 60.9 Å². The predicted molar refractivity (Wildman–Crippen MR) is 91.9 cm³/mol. The van der Waals surface area contributed by atoms with E-state index in [4.69, 9.17) is 10.5 Å². The third-order valence-electron chi connectivity index (χ3n) is 3.66. The van der Waals surface area contributed by atoms with Gasteiger partial charge in [0.2, 0.25) is 5.88 Å². The van der Waals surface area contributed by atoms with E-state index in [1.807, 2.05) is 30.3 Å². The lowest BCUT2D eigenvalue weighted by Crippen LogP contribution is -1.90. The first-order valence-electron chi connectivity index (χ1n) is 7.36. The molecule has 0 saturated carbocycles. The summed E-state index contributed by atoms with van der Waals surface area (Å²) >= 11 is 0. The molecule has 0 radical (unpaired) electrons. The van der Waals surface area contributed by atoms with Gasteiger partial charge in [-0.15, -0.1) is 0 Å². The number of nitrogens with one attached hydrogen (secondary N) is 1. The molecule has 2 aromatic carbocycles. The number of nitrogens with zero attached hydrogens (tertiary/aromatic N) is 2. The maximum atomic E-state index is 9.87. The first-order valence-corrected chi connectivity index (χ1v) is 7.36. The molecule has 0 atom stereocenters. The zero-order valence-corrected chi connectivity index (χ0v) is 12.6. The molecule has 118 valence electrons. The van der Waals surface area contributed by atoms with Crippen LogP contribution in [0.1, 0.15) is 0 Å². The lowest BCUT2D eigenvalue weighted by Gasteiger charge is -2.06. The van der Waals surface area contributed by atoms with Crippen molar-refractivity contribution in [3.05, 3.63) is 60.9 Å². The number of fused-ring (bicyclic) bond motifs is 1. The van der Waals surface area contributed by atoms with Crippen molar-refractivity contribution in [2.45, 2.75) is 0 Å². The lowest BCUT2D eigenvalue weighted by atomic mass is 10.1. The minimum atomic E-state index is 0.0517. The highest BCUT2D eigenvalue weighted by molar-refractivity contribution is 5.87. The van der Waals surface area contributed by atoms with Gasteiger partial charge in [-0.1, -0.05) is 24.3 Å². The largest absolute Gasteiger partial charge is 0.504 e. The van der Waals surface area contributed by atoms with Crippen LogP contribution in [-0.4, -0.2) is 20.1 Å². The van der Waals surface area contributed by atoms with Crippen molar-refractivity contribution < 1.29 is 9.84 Å². The number of hydrogen-bond acceptors (Lipinski definition) is 5. The summed E-state index contributed by atoms with van der Waals surface area (Å²) in [6, 6.07) is 16.2. The molecule has 0 unspecified atom stereocenters. The Hall–Kier alpha value is -3.54. The zero-order valence-electron chi connectivity index (χ0n) is 12.6. The lowest BCUT2D eigenvalue weighted by molar-refractivity contribution is 0.405. The molecule has 0 aliphatic carbocycles. The fourth-order valence-corrected chi connectivity index (χ4v) is 2.51. The number of H-pyrrole nitrogens is 1. The molecule has 0 saturated heterocycles. The van der Waals surface area contributed by atoms with E-state index in [9.17, 15) is 5.11 Å². The Morgan fingerprint density at radius 1 is 1.00 bits per heavy atom. The van der Waals surface area contributed by atoms with Gasteiger partial charge in [0.25, 0.3) is 0 Å². The van der Waals surface area contributed by atoms with Crippen molar-refractivity contribution in [1.82, 2.24) is 15.0 Å². The van der Waals surface area contributed by atoms with Gasteiger partial charge in [-0.2, -0.15) is 0 Å². The Morgan fingerprint density at radius 3 is 2.71 bits per heavy atom. The monoisotopic (exact) mass is 318 g/mol. The summed E-state index contributed by atoms with van der Waals surface area (Å²) in [5.41, 5.74) is 8.98. The topological polar surface area (TPSA) is 97.1 Å². The molecular weight excluding hydrogens is 304 g/mol. The Labute approximate surface area is 137 Å². The number of phenolic OH excluding ortho intramolecular Hbond substituents is 1. The Kier molecular flexibility index (Phi) is 3.28. The van der Waals surface area contributed by atoms with Gasteiger partial charge in [0.1, 0.15) is 12.0 Å². The number of aromatic nitrogens is 3. The fourth-order valence-electron chi connectivity index (χ4n) is 2.51. The molecule has 0 bridgehead atoms. The van der Waals surface area contributed by atoms with E-state index in [2.05, 4.69) is 15.0 Å². The molecule has 6 heteroatoms. The number of para-hydroxylation sites is 2. The van der Waals surface area contributed by atoms with E-state index >= 15 is 0 Å². The molecule has 0 amide bonds. The summed E-state index contributed by atoms with van der Waals surface area (Å²) in [5, 5.41) is 10.6. The number of phenols is 1. The van der Waals surface area contributed by atoms with Crippen molar-refractivity contribution in [1.29, 1.82) is 0 Å². The average molecular weight is 318 g/mol. The molecule has 0 aliphatic heterocycles. The highest BCUT2D eigenvalue weighted by Crippen LogP contribution is 2.34. The summed E-state index contributed by atoms with van der Waals surface area (Å²) < 4.78 is 5.75. The van der Waals surface area contributed by atoms with Gasteiger partial charge in [0.15, 0.2) is 11.5 Å². The smallest absolute Gasteiger partial charge is 0.232 e. The van der Waals surface area contributed by atoms with Gasteiger partial charge in [0, 0.05) is 16.9 Å². The number of aromatic hydroxyl groups is 1. The summed E-state index contributed by atoms with van der Waals surface area (Å²) in [6.45, 7) is 0. The van der Waals surface area contributed by atoms with Gasteiger partial charge in [-0.05, 0) is 30.3 Å². The van der Waals surface area contributed by atoms with Crippen LogP contribution in [-0.2, 0) is 0 Å². The molecule has 0 aliphatic rings. The van der Waals surface area contributed by atoms with Gasteiger partial charge in [0.05, 0.1) is 5.39 Å². The third-order valence-corrected chi connectivity index (χ3v) is 3.66. The van der Waals surface area contributed by atoms with Gasteiger partial charge in [-0.25, -0.2) is 9.97 Å². The number of nitrogen functional groups attached to an aromatic ring is 1. The SMILES string of the molecule is Nc1cccc(-c2cc3c(Oc4ccccc4O)ncnc3[nH]2)c1.